The van der Waals surface area contributed by atoms with Crippen LogP contribution in [-0.4, -0.2) is 20.2 Å². The van der Waals surface area contributed by atoms with E-state index in [-0.39, 0.29) is 18.7 Å². The number of carboxylic acids is 1. The molecule has 18 heavy (non-hydrogen) atoms. The fourth-order valence-electron chi connectivity index (χ4n) is 1.82. The fourth-order valence-corrected chi connectivity index (χ4v) is 1.82. The summed E-state index contributed by atoms with van der Waals surface area (Å²) in [6.45, 7) is 2.11. The van der Waals surface area contributed by atoms with Gasteiger partial charge in [-0.25, -0.2) is 4.79 Å². The first-order valence-electron chi connectivity index (χ1n) is 5.65. The van der Waals surface area contributed by atoms with E-state index >= 15 is 0 Å². The third-order valence-corrected chi connectivity index (χ3v) is 2.79. The van der Waals surface area contributed by atoms with E-state index in [9.17, 15) is 9.59 Å². The van der Waals surface area contributed by atoms with Crippen LogP contribution in [0.4, 0.5) is 0 Å². The Hall–Kier alpha value is -2.30. The molecule has 0 fully saturated rings. The van der Waals surface area contributed by atoms with Gasteiger partial charge in [-0.1, -0.05) is 18.2 Å². The summed E-state index contributed by atoms with van der Waals surface area (Å²) in [6, 6.07) is 7.56. The summed E-state index contributed by atoms with van der Waals surface area (Å²) in [4.78, 5) is 22.6. The number of aryl methyl sites for hydroxylation is 2. The van der Waals surface area contributed by atoms with Crippen LogP contribution in [0.15, 0.2) is 41.5 Å². The molecule has 2 rings (SSSR count). The second-order valence-corrected chi connectivity index (χ2v) is 4.07. The molecule has 0 bridgehead atoms. The number of benzene rings is 1. The number of aromatic nitrogens is 2. The molecular formula is C13H14N2O3. The summed E-state index contributed by atoms with van der Waals surface area (Å²) in [7, 11) is 0. The lowest BCUT2D eigenvalue weighted by molar-refractivity contribution is -0.137. The van der Waals surface area contributed by atoms with Crippen molar-refractivity contribution in [3.8, 4) is 5.69 Å². The molecule has 0 unspecified atom stereocenters. The lowest BCUT2D eigenvalue weighted by atomic mass is 10.2. The lowest BCUT2D eigenvalue weighted by Crippen LogP contribution is -2.24. The van der Waals surface area contributed by atoms with E-state index in [1.165, 1.54) is 9.13 Å². The Bertz CT molecular complexity index is 625. The van der Waals surface area contributed by atoms with E-state index < -0.39 is 5.97 Å². The molecule has 0 saturated carbocycles. The third-order valence-electron chi connectivity index (χ3n) is 2.79. The molecule has 2 aromatic rings. The molecule has 0 saturated heterocycles. The number of rotatable bonds is 4. The van der Waals surface area contributed by atoms with Crippen LogP contribution >= 0.6 is 0 Å². The molecule has 0 amide bonds. The zero-order valence-corrected chi connectivity index (χ0v) is 10.0. The average Bonchev–Trinajstić information content (AvgIpc) is 2.69. The van der Waals surface area contributed by atoms with Gasteiger partial charge in [0.05, 0.1) is 12.1 Å². The monoisotopic (exact) mass is 246 g/mol. The van der Waals surface area contributed by atoms with Crippen LogP contribution in [0.5, 0.6) is 0 Å². The van der Waals surface area contributed by atoms with Gasteiger partial charge in [0.25, 0.3) is 0 Å². The van der Waals surface area contributed by atoms with Crippen LogP contribution < -0.4 is 5.69 Å². The minimum absolute atomic E-state index is 0.0578. The number of hydrogen-bond donors (Lipinski definition) is 1. The third kappa shape index (κ3) is 2.34. The Balaban J connectivity index is 2.34. The maximum absolute atomic E-state index is 12.1. The van der Waals surface area contributed by atoms with Gasteiger partial charge in [0, 0.05) is 18.9 Å². The van der Waals surface area contributed by atoms with Gasteiger partial charge in [0.1, 0.15) is 0 Å². The summed E-state index contributed by atoms with van der Waals surface area (Å²) in [6.07, 6.45) is 3.21. The smallest absolute Gasteiger partial charge is 0.332 e. The van der Waals surface area contributed by atoms with Gasteiger partial charge in [-0.05, 0) is 18.6 Å². The molecule has 1 aromatic carbocycles. The normalized spacial score (nSPS) is 10.5. The van der Waals surface area contributed by atoms with E-state index in [2.05, 4.69) is 0 Å². The fraction of sp³-hybridized carbons (Fsp3) is 0.231. The van der Waals surface area contributed by atoms with E-state index in [1.807, 2.05) is 31.2 Å². The van der Waals surface area contributed by atoms with Crippen molar-refractivity contribution in [3.05, 3.63) is 52.7 Å². The molecule has 5 nitrogen and oxygen atoms in total. The largest absolute Gasteiger partial charge is 0.481 e. The van der Waals surface area contributed by atoms with Crippen LogP contribution in [0.3, 0.4) is 0 Å². The second-order valence-electron chi connectivity index (χ2n) is 4.07. The summed E-state index contributed by atoms with van der Waals surface area (Å²) in [5, 5.41) is 8.61. The first kappa shape index (κ1) is 12.2. The van der Waals surface area contributed by atoms with Gasteiger partial charge in [0.15, 0.2) is 0 Å². The van der Waals surface area contributed by atoms with E-state index in [4.69, 9.17) is 5.11 Å². The Kier molecular flexibility index (Phi) is 3.32. The van der Waals surface area contributed by atoms with Gasteiger partial charge in [-0.3, -0.25) is 13.9 Å². The Morgan fingerprint density at radius 2 is 2.00 bits per heavy atom. The average molecular weight is 246 g/mol. The predicted molar refractivity (Wildman–Crippen MR) is 67.0 cm³/mol. The zero-order chi connectivity index (χ0) is 13.1. The van der Waals surface area contributed by atoms with Crippen LogP contribution in [-0.2, 0) is 11.3 Å². The molecule has 1 heterocycles. The van der Waals surface area contributed by atoms with Crippen LogP contribution in [0.25, 0.3) is 5.69 Å². The highest BCUT2D eigenvalue weighted by atomic mass is 16.4. The highest BCUT2D eigenvalue weighted by Gasteiger charge is 2.08. The SMILES string of the molecule is Cc1ccccc1-n1ccn(CCC(=O)O)c1=O. The standard InChI is InChI=1S/C13H14N2O3/c1-10-4-2-3-5-11(10)15-9-8-14(13(15)18)7-6-12(16)17/h2-5,8-9H,6-7H2,1H3,(H,16,17). The number of imidazole rings is 1. The number of hydrogen-bond acceptors (Lipinski definition) is 2. The molecule has 0 aliphatic rings. The van der Waals surface area contributed by atoms with Crippen molar-refractivity contribution < 1.29 is 9.90 Å². The number of aliphatic carboxylic acids is 1. The molecule has 94 valence electrons. The van der Waals surface area contributed by atoms with E-state index in [1.54, 1.807) is 12.4 Å². The topological polar surface area (TPSA) is 64.2 Å². The van der Waals surface area contributed by atoms with Gasteiger partial charge < -0.3 is 5.11 Å². The quantitative estimate of drug-likeness (QED) is 0.887. The van der Waals surface area contributed by atoms with Gasteiger partial charge in [-0.2, -0.15) is 0 Å². The molecule has 0 atom stereocenters. The molecule has 0 aliphatic carbocycles. The lowest BCUT2D eigenvalue weighted by Gasteiger charge is -2.05. The molecule has 0 aliphatic heterocycles. The predicted octanol–water partition coefficient (Wildman–Crippen LogP) is 1.42. The Morgan fingerprint density at radius 1 is 1.28 bits per heavy atom. The van der Waals surface area contributed by atoms with Gasteiger partial charge in [0.2, 0.25) is 0 Å². The molecule has 1 aromatic heterocycles. The summed E-state index contributed by atoms with van der Waals surface area (Å²) in [5.41, 5.74) is 1.60. The first-order chi connectivity index (χ1) is 8.59. The molecule has 5 heteroatoms. The summed E-state index contributed by atoms with van der Waals surface area (Å²) < 4.78 is 2.93. The number of nitrogens with zero attached hydrogens (tertiary/aromatic N) is 2. The number of para-hydroxylation sites is 1. The van der Waals surface area contributed by atoms with Gasteiger partial charge in [-0.15, -0.1) is 0 Å². The maximum Gasteiger partial charge on any atom is 0.332 e. The molecule has 1 N–H and O–H groups in total. The van der Waals surface area contributed by atoms with Crippen LogP contribution in [0.2, 0.25) is 0 Å². The molecular weight excluding hydrogens is 232 g/mol. The minimum atomic E-state index is -0.912. The summed E-state index contributed by atoms with van der Waals surface area (Å²) >= 11 is 0. The van der Waals surface area contributed by atoms with Crippen molar-refractivity contribution in [2.75, 3.05) is 0 Å². The molecule has 0 radical (unpaired) electrons. The highest BCUT2D eigenvalue weighted by Crippen LogP contribution is 2.10. The second kappa shape index (κ2) is 4.91. The van der Waals surface area contributed by atoms with Crippen molar-refractivity contribution in [2.24, 2.45) is 0 Å². The van der Waals surface area contributed by atoms with Crippen molar-refractivity contribution in [3.63, 3.8) is 0 Å². The van der Waals surface area contributed by atoms with Crippen LogP contribution in [0, 0.1) is 6.92 Å². The zero-order valence-electron chi connectivity index (χ0n) is 10.0. The summed E-state index contributed by atoms with van der Waals surface area (Å²) in [5.74, 6) is -0.912. The maximum atomic E-state index is 12.1. The minimum Gasteiger partial charge on any atom is -0.481 e. The Labute approximate surface area is 104 Å². The Morgan fingerprint density at radius 3 is 2.67 bits per heavy atom. The van der Waals surface area contributed by atoms with E-state index in [0.29, 0.717) is 0 Å². The molecule has 0 spiro atoms. The number of carboxylic acid groups (broad SMARTS) is 1. The van der Waals surface area contributed by atoms with E-state index in [0.717, 1.165) is 11.3 Å². The van der Waals surface area contributed by atoms with Crippen molar-refractivity contribution in [1.82, 2.24) is 9.13 Å². The van der Waals surface area contributed by atoms with Crippen LogP contribution in [0.1, 0.15) is 12.0 Å². The highest BCUT2D eigenvalue weighted by molar-refractivity contribution is 5.66. The van der Waals surface area contributed by atoms with Crippen molar-refractivity contribution in [2.45, 2.75) is 19.9 Å². The van der Waals surface area contributed by atoms with Crippen molar-refractivity contribution >= 4 is 5.97 Å². The van der Waals surface area contributed by atoms with Crippen molar-refractivity contribution in [1.29, 1.82) is 0 Å². The van der Waals surface area contributed by atoms with Gasteiger partial charge >= 0.3 is 11.7 Å². The first-order valence-corrected chi connectivity index (χ1v) is 5.65. The number of carbonyl (C=O) groups is 1.